The van der Waals surface area contributed by atoms with Gasteiger partial charge < -0.3 is 4.74 Å². The molecule has 0 aliphatic heterocycles. The van der Waals surface area contributed by atoms with E-state index in [1.54, 1.807) is 0 Å². The summed E-state index contributed by atoms with van der Waals surface area (Å²) in [5, 5.41) is 0. The van der Waals surface area contributed by atoms with Gasteiger partial charge in [-0.3, -0.25) is 0 Å². The van der Waals surface area contributed by atoms with Crippen LogP contribution in [0.3, 0.4) is 0 Å². The van der Waals surface area contributed by atoms with Crippen molar-refractivity contribution in [3.05, 3.63) is 53.1 Å². The molecular formula is C22H30N2O. The van der Waals surface area contributed by atoms with E-state index in [4.69, 9.17) is 4.74 Å². The van der Waals surface area contributed by atoms with Gasteiger partial charge in [-0.25, -0.2) is 9.97 Å². The zero-order valence-corrected chi connectivity index (χ0v) is 15.6. The maximum Gasteiger partial charge on any atom is 0.131 e. The highest BCUT2D eigenvalue weighted by Gasteiger charge is 2.22. The lowest BCUT2D eigenvalue weighted by Gasteiger charge is -2.24. The van der Waals surface area contributed by atoms with Crippen LogP contribution in [0.2, 0.25) is 0 Å². The van der Waals surface area contributed by atoms with E-state index in [0.717, 1.165) is 56.7 Å². The summed E-state index contributed by atoms with van der Waals surface area (Å²) in [6.45, 7) is 5.23. The summed E-state index contributed by atoms with van der Waals surface area (Å²) in [7, 11) is 0. The topological polar surface area (TPSA) is 35.0 Å². The summed E-state index contributed by atoms with van der Waals surface area (Å²) in [6.07, 6.45) is 13.1. The highest BCUT2D eigenvalue weighted by atomic mass is 16.5. The first-order chi connectivity index (χ1) is 12.3. The molecule has 25 heavy (non-hydrogen) atoms. The van der Waals surface area contributed by atoms with Crippen molar-refractivity contribution in [1.82, 2.24) is 9.97 Å². The number of aryl methyl sites for hydroxylation is 2. The van der Waals surface area contributed by atoms with Crippen LogP contribution in [-0.2, 0) is 19.3 Å². The van der Waals surface area contributed by atoms with Crippen LogP contribution >= 0.6 is 0 Å². The van der Waals surface area contributed by atoms with Crippen molar-refractivity contribution in [2.24, 2.45) is 0 Å². The van der Waals surface area contributed by atoms with Gasteiger partial charge in [0, 0.05) is 18.3 Å². The third-order valence-electron chi connectivity index (χ3n) is 5.05. The van der Waals surface area contributed by atoms with Crippen molar-refractivity contribution < 1.29 is 4.74 Å². The van der Waals surface area contributed by atoms with Crippen LogP contribution in [0.5, 0.6) is 5.75 Å². The molecule has 1 unspecified atom stereocenters. The average molecular weight is 338 g/mol. The second-order valence-electron chi connectivity index (χ2n) is 7.13. The maximum atomic E-state index is 5.90. The normalized spacial score (nSPS) is 16.5. The van der Waals surface area contributed by atoms with E-state index < -0.39 is 0 Å². The molecule has 0 fully saturated rings. The highest BCUT2D eigenvalue weighted by molar-refractivity contribution is 5.38. The van der Waals surface area contributed by atoms with E-state index in [0.29, 0.717) is 5.92 Å². The third kappa shape index (κ3) is 4.81. The molecule has 0 N–H and O–H groups in total. The van der Waals surface area contributed by atoms with Crippen LogP contribution in [0.1, 0.15) is 74.4 Å². The molecular weight excluding hydrogens is 308 g/mol. The Balaban J connectivity index is 1.61. The van der Waals surface area contributed by atoms with E-state index in [-0.39, 0.29) is 0 Å². The minimum atomic E-state index is 0.444. The molecule has 0 bridgehead atoms. The predicted molar refractivity (Wildman–Crippen MR) is 102 cm³/mol. The summed E-state index contributed by atoms with van der Waals surface area (Å²) in [6, 6.07) is 6.60. The molecule has 0 radical (unpaired) electrons. The molecule has 1 aliphatic carbocycles. The van der Waals surface area contributed by atoms with Crippen LogP contribution in [0.4, 0.5) is 0 Å². The zero-order valence-electron chi connectivity index (χ0n) is 15.6. The van der Waals surface area contributed by atoms with Gasteiger partial charge in [-0.2, -0.15) is 0 Å². The lowest BCUT2D eigenvalue weighted by atomic mass is 9.83. The van der Waals surface area contributed by atoms with Gasteiger partial charge in [0.15, 0.2) is 0 Å². The van der Waals surface area contributed by atoms with Gasteiger partial charge in [-0.05, 0) is 60.9 Å². The quantitative estimate of drug-likeness (QED) is 0.615. The monoisotopic (exact) mass is 338 g/mol. The molecule has 0 spiro atoms. The number of ether oxygens (including phenoxy) is 1. The van der Waals surface area contributed by atoms with Crippen molar-refractivity contribution in [3.63, 3.8) is 0 Å². The number of hydrogen-bond acceptors (Lipinski definition) is 3. The van der Waals surface area contributed by atoms with E-state index in [1.807, 2.05) is 12.4 Å². The van der Waals surface area contributed by atoms with Gasteiger partial charge in [0.05, 0.1) is 6.61 Å². The summed E-state index contributed by atoms with van der Waals surface area (Å²) in [4.78, 5) is 9.27. The fraction of sp³-hybridized carbons (Fsp3) is 0.545. The first-order valence-corrected chi connectivity index (χ1v) is 9.85. The van der Waals surface area contributed by atoms with Crippen molar-refractivity contribution in [2.45, 2.75) is 71.1 Å². The van der Waals surface area contributed by atoms with Crippen LogP contribution in [-0.4, -0.2) is 16.6 Å². The molecule has 0 saturated carbocycles. The van der Waals surface area contributed by atoms with Crippen LogP contribution in [0.25, 0.3) is 0 Å². The van der Waals surface area contributed by atoms with Gasteiger partial charge >= 0.3 is 0 Å². The number of unbranched alkanes of at least 4 members (excludes halogenated alkanes) is 2. The lowest BCUT2D eigenvalue weighted by Crippen LogP contribution is -2.15. The summed E-state index contributed by atoms with van der Waals surface area (Å²) in [5.41, 5.74) is 4.11. The molecule has 1 heterocycles. The SMILES string of the molecule is CCCCCOc1ccc2c(c1)CCC(c1ncc(CCC)cn1)C2. The number of hydrogen-bond donors (Lipinski definition) is 0. The number of rotatable bonds is 8. The fourth-order valence-electron chi connectivity index (χ4n) is 3.58. The third-order valence-corrected chi connectivity index (χ3v) is 5.05. The molecule has 3 rings (SSSR count). The van der Waals surface area contributed by atoms with Gasteiger partial charge in [-0.15, -0.1) is 0 Å². The van der Waals surface area contributed by atoms with E-state index in [2.05, 4.69) is 42.0 Å². The maximum absolute atomic E-state index is 5.90. The predicted octanol–water partition coefficient (Wildman–Crippen LogP) is 5.27. The van der Waals surface area contributed by atoms with Crippen LogP contribution in [0, 0.1) is 0 Å². The minimum absolute atomic E-state index is 0.444. The molecule has 1 aliphatic rings. The van der Waals surface area contributed by atoms with Crippen molar-refractivity contribution in [2.75, 3.05) is 6.61 Å². The summed E-state index contributed by atoms with van der Waals surface area (Å²) >= 11 is 0. The number of nitrogens with zero attached hydrogens (tertiary/aromatic N) is 2. The zero-order chi connectivity index (χ0) is 17.5. The lowest BCUT2D eigenvalue weighted by molar-refractivity contribution is 0.305. The Labute approximate surface area is 151 Å². The standard InChI is InChI=1S/C22H30N2O/c1-3-5-6-12-25-21-11-10-18-13-20(9-8-19(18)14-21)22-23-15-17(7-4-2)16-24-22/h10-11,14-16,20H,3-9,12-13H2,1-2H3. The molecule has 134 valence electrons. The van der Waals surface area contributed by atoms with Crippen molar-refractivity contribution in [3.8, 4) is 5.75 Å². The molecule has 1 aromatic heterocycles. The Morgan fingerprint density at radius 3 is 2.64 bits per heavy atom. The average Bonchev–Trinajstić information content (AvgIpc) is 2.66. The van der Waals surface area contributed by atoms with Crippen molar-refractivity contribution in [1.29, 1.82) is 0 Å². The first kappa shape index (κ1) is 17.9. The van der Waals surface area contributed by atoms with E-state index >= 15 is 0 Å². The van der Waals surface area contributed by atoms with Gasteiger partial charge in [-0.1, -0.05) is 39.2 Å². The Bertz CT molecular complexity index is 666. The van der Waals surface area contributed by atoms with Gasteiger partial charge in [0.2, 0.25) is 0 Å². The van der Waals surface area contributed by atoms with Crippen LogP contribution in [0.15, 0.2) is 30.6 Å². The van der Waals surface area contributed by atoms with Crippen LogP contribution < -0.4 is 4.74 Å². The number of benzene rings is 1. The molecule has 0 amide bonds. The summed E-state index contributed by atoms with van der Waals surface area (Å²) in [5.74, 6) is 2.47. The van der Waals surface area contributed by atoms with E-state index in [1.165, 1.54) is 29.5 Å². The molecule has 1 atom stereocenters. The van der Waals surface area contributed by atoms with Gasteiger partial charge in [0.1, 0.15) is 11.6 Å². The number of aromatic nitrogens is 2. The smallest absolute Gasteiger partial charge is 0.131 e. The Kier molecular flexibility index (Phi) is 6.43. The Morgan fingerprint density at radius 1 is 1.04 bits per heavy atom. The summed E-state index contributed by atoms with van der Waals surface area (Å²) < 4.78 is 5.90. The second-order valence-corrected chi connectivity index (χ2v) is 7.13. The Morgan fingerprint density at radius 2 is 1.88 bits per heavy atom. The first-order valence-electron chi connectivity index (χ1n) is 9.85. The number of fused-ring (bicyclic) bond motifs is 1. The highest BCUT2D eigenvalue weighted by Crippen LogP contribution is 2.33. The van der Waals surface area contributed by atoms with E-state index in [9.17, 15) is 0 Å². The minimum Gasteiger partial charge on any atom is -0.494 e. The molecule has 1 aromatic carbocycles. The Hall–Kier alpha value is -1.90. The molecule has 3 nitrogen and oxygen atoms in total. The second kappa shape index (κ2) is 8.98. The molecule has 3 heteroatoms. The molecule has 2 aromatic rings. The fourth-order valence-corrected chi connectivity index (χ4v) is 3.58. The largest absolute Gasteiger partial charge is 0.494 e. The van der Waals surface area contributed by atoms with Gasteiger partial charge in [0.25, 0.3) is 0 Å². The van der Waals surface area contributed by atoms with Crippen molar-refractivity contribution >= 4 is 0 Å². The molecule has 0 saturated heterocycles.